The van der Waals surface area contributed by atoms with Crippen molar-refractivity contribution in [3.8, 4) is 11.8 Å². The molecule has 0 bridgehead atoms. The van der Waals surface area contributed by atoms with E-state index < -0.39 is 6.10 Å². The van der Waals surface area contributed by atoms with Crippen LogP contribution in [-0.4, -0.2) is 62.9 Å². The molecule has 1 aliphatic carbocycles. The van der Waals surface area contributed by atoms with Gasteiger partial charge < -0.3 is 30.5 Å². The van der Waals surface area contributed by atoms with Gasteiger partial charge in [0.2, 0.25) is 5.88 Å². The third-order valence-corrected chi connectivity index (χ3v) is 6.27. The van der Waals surface area contributed by atoms with Crippen molar-refractivity contribution in [3.63, 3.8) is 0 Å². The van der Waals surface area contributed by atoms with Crippen molar-refractivity contribution in [2.75, 3.05) is 19.0 Å². The van der Waals surface area contributed by atoms with Gasteiger partial charge in [0.05, 0.1) is 36.8 Å². The van der Waals surface area contributed by atoms with Crippen LogP contribution in [0, 0.1) is 5.82 Å². The molecule has 3 atom stereocenters. The van der Waals surface area contributed by atoms with Gasteiger partial charge in [-0.05, 0) is 31.4 Å². The van der Waals surface area contributed by atoms with E-state index in [1.54, 1.807) is 12.3 Å². The number of benzene rings is 1. The molecule has 0 unspecified atom stereocenters. The average molecular weight is 484 g/mol. The highest BCUT2D eigenvalue weighted by Crippen LogP contribution is 2.25. The van der Waals surface area contributed by atoms with Crippen LogP contribution in [-0.2, 0) is 17.9 Å². The molecule has 3 aromatic rings. The smallest absolute Gasteiger partial charge is 0.263 e. The minimum absolute atomic E-state index is 0.0663. The fourth-order valence-electron chi connectivity index (χ4n) is 4.40. The lowest BCUT2D eigenvalue weighted by atomic mass is 9.88. The van der Waals surface area contributed by atoms with Crippen LogP contribution in [0.5, 0.6) is 11.8 Å². The third kappa shape index (κ3) is 5.14. The highest BCUT2D eigenvalue weighted by molar-refractivity contribution is 5.93. The molecule has 3 heterocycles. The van der Waals surface area contributed by atoms with Crippen LogP contribution in [0.25, 0.3) is 11.0 Å². The summed E-state index contributed by atoms with van der Waals surface area (Å²) in [6, 6.07) is 2.85. The summed E-state index contributed by atoms with van der Waals surface area (Å²) >= 11 is 0. The number of nitrogens with one attached hydrogen (secondary N) is 3. The van der Waals surface area contributed by atoms with Gasteiger partial charge in [-0.1, -0.05) is 0 Å². The normalized spacial score (nSPS) is 21.8. The molecule has 0 spiro atoms. The number of hydrogen-bond acceptors (Lipinski definition) is 10. The topological polar surface area (TPSA) is 143 Å². The number of aliphatic hydroxyl groups excluding tert-OH is 1. The van der Waals surface area contributed by atoms with Crippen LogP contribution in [0.4, 0.5) is 10.2 Å². The second-order valence-corrected chi connectivity index (χ2v) is 8.60. The first kappa shape index (κ1) is 23.3. The summed E-state index contributed by atoms with van der Waals surface area (Å²) in [5.41, 5.74) is 2.07. The molecule has 1 amide bonds. The van der Waals surface area contributed by atoms with Gasteiger partial charge in [-0.3, -0.25) is 4.79 Å². The molecule has 35 heavy (non-hydrogen) atoms. The first-order valence-electron chi connectivity index (χ1n) is 11.4. The van der Waals surface area contributed by atoms with Gasteiger partial charge in [0.25, 0.3) is 11.8 Å². The maximum absolute atomic E-state index is 14.6. The summed E-state index contributed by atoms with van der Waals surface area (Å²) < 4.78 is 25.0. The minimum Gasteiger partial charge on any atom is -0.480 e. The summed E-state index contributed by atoms with van der Waals surface area (Å²) in [6.45, 7) is 0.583. The van der Waals surface area contributed by atoms with Crippen molar-refractivity contribution in [1.29, 1.82) is 0 Å². The third-order valence-electron chi connectivity index (χ3n) is 6.27. The Morgan fingerprint density at radius 3 is 2.91 bits per heavy atom. The predicted octanol–water partition coefficient (Wildman–Crippen LogP) is 1.06. The second-order valence-electron chi connectivity index (χ2n) is 8.60. The zero-order valence-corrected chi connectivity index (χ0v) is 19.1. The maximum Gasteiger partial charge on any atom is 0.263 e. The van der Waals surface area contributed by atoms with Crippen molar-refractivity contribution in [1.82, 2.24) is 30.6 Å². The highest BCUT2D eigenvalue weighted by Gasteiger charge is 2.29. The van der Waals surface area contributed by atoms with Crippen LogP contribution in [0.15, 0.2) is 24.5 Å². The number of carbonyl (C=O) groups is 1. The molecule has 1 fully saturated rings. The number of ether oxygens (including phenoxy) is 2. The Hall–Kier alpha value is -3.48. The van der Waals surface area contributed by atoms with Crippen molar-refractivity contribution >= 4 is 22.8 Å². The summed E-state index contributed by atoms with van der Waals surface area (Å²) in [6.07, 6.45) is 4.54. The minimum atomic E-state index is -0.609. The molecule has 1 aliphatic heterocycles. The van der Waals surface area contributed by atoms with Gasteiger partial charge in [0.1, 0.15) is 11.3 Å². The Balaban J connectivity index is 1.16. The number of aromatic nitrogens is 4. The Kier molecular flexibility index (Phi) is 6.66. The van der Waals surface area contributed by atoms with Crippen molar-refractivity contribution in [3.05, 3.63) is 41.6 Å². The summed E-state index contributed by atoms with van der Waals surface area (Å²) in [5, 5.41) is 20.1. The average Bonchev–Trinajstić information content (AvgIpc) is 2.87. The highest BCUT2D eigenvalue weighted by atomic mass is 19.1. The Labute approximate surface area is 200 Å². The molecule has 5 rings (SSSR count). The number of rotatable bonds is 7. The van der Waals surface area contributed by atoms with Crippen LogP contribution < -0.4 is 25.4 Å². The van der Waals surface area contributed by atoms with E-state index in [1.807, 2.05) is 0 Å². The zero-order chi connectivity index (χ0) is 24.4. The molecule has 11 nitrogen and oxygen atoms in total. The predicted molar refractivity (Wildman–Crippen MR) is 123 cm³/mol. The number of aliphatic hydroxyl groups is 1. The molecule has 12 heteroatoms. The van der Waals surface area contributed by atoms with Gasteiger partial charge >= 0.3 is 0 Å². The number of hydrogen-bond donors (Lipinski definition) is 4. The Morgan fingerprint density at radius 1 is 1.20 bits per heavy atom. The molecule has 1 aromatic carbocycles. The SMILES string of the molecule is COc1cnc2ccc(F)c(CN[C@@H]3CC[C@@H](NCc4cnc5c(n4)NC(=O)CO5)C[C@@H]3O)c2n1. The molecule has 0 radical (unpaired) electrons. The van der Waals surface area contributed by atoms with Crippen molar-refractivity contribution < 1.29 is 23.8 Å². The fraction of sp³-hybridized carbons (Fsp3) is 0.435. The number of amides is 1. The zero-order valence-electron chi connectivity index (χ0n) is 19.1. The Morgan fingerprint density at radius 2 is 2.09 bits per heavy atom. The summed E-state index contributed by atoms with van der Waals surface area (Å²) in [4.78, 5) is 28.7. The fourth-order valence-corrected chi connectivity index (χ4v) is 4.40. The van der Waals surface area contributed by atoms with Crippen molar-refractivity contribution in [2.24, 2.45) is 0 Å². The van der Waals surface area contributed by atoms with E-state index in [2.05, 4.69) is 35.9 Å². The van der Waals surface area contributed by atoms with Crippen LogP contribution in [0.3, 0.4) is 0 Å². The quantitative estimate of drug-likeness (QED) is 0.385. The van der Waals surface area contributed by atoms with Crippen LogP contribution in [0.2, 0.25) is 0 Å². The van der Waals surface area contributed by atoms with E-state index in [-0.39, 0.29) is 37.0 Å². The second kappa shape index (κ2) is 10.0. The number of methoxy groups -OCH3 is 1. The van der Waals surface area contributed by atoms with Gasteiger partial charge in [0.15, 0.2) is 12.4 Å². The molecular formula is C23H26FN7O4. The lowest BCUT2D eigenvalue weighted by molar-refractivity contribution is -0.118. The number of fused-ring (bicyclic) bond motifs is 2. The first-order valence-corrected chi connectivity index (χ1v) is 11.4. The van der Waals surface area contributed by atoms with Gasteiger partial charge in [-0.2, -0.15) is 0 Å². The molecule has 184 valence electrons. The molecular weight excluding hydrogens is 457 g/mol. The van der Waals surface area contributed by atoms with Crippen LogP contribution >= 0.6 is 0 Å². The number of halogens is 1. The van der Waals surface area contributed by atoms with E-state index in [0.717, 1.165) is 6.42 Å². The van der Waals surface area contributed by atoms with Crippen molar-refractivity contribution in [2.45, 2.75) is 50.5 Å². The first-order chi connectivity index (χ1) is 17.0. The number of anilines is 1. The van der Waals surface area contributed by atoms with E-state index in [4.69, 9.17) is 9.47 Å². The lowest BCUT2D eigenvalue weighted by Crippen LogP contribution is -2.48. The monoisotopic (exact) mass is 483 g/mol. The summed E-state index contributed by atoms with van der Waals surface area (Å²) in [5.74, 6) is 0.291. The largest absolute Gasteiger partial charge is 0.480 e. The lowest BCUT2D eigenvalue weighted by Gasteiger charge is -2.34. The van der Waals surface area contributed by atoms with Crippen LogP contribution in [0.1, 0.15) is 30.5 Å². The molecule has 0 saturated heterocycles. The van der Waals surface area contributed by atoms with Gasteiger partial charge in [-0.25, -0.2) is 24.3 Å². The van der Waals surface area contributed by atoms with Gasteiger partial charge in [0, 0.05) is 30.7 Å². The molecule has 2 aromatic heterocycles. The van der Waals surface area contributed by atoms with E-state index >= 15 is 0 Å². The van der Waals surface area contributed by atoms with Gasteiger partial charge in [-0.15, -0.1) is 0 Å². The molecule has 4 N–H and O–H groups in total. The molecule has 1 saturated carbocycles. The van der Waals surface area contributed by atoms with E-state index in [1.165, 1.54) is 19.4 Å². The number of carbonyl (C=O) groups excluding carboxylic acids is 1. The maximum atomic E-state index is 14.6. The number of nitrogens with zero attached hydrogens (tertiary/aromatic N) is 4. The molecule has 2 aliphatic rings. The standard InChI is InChI=1S/C23H26FN7O4/c1-34-20-10-27-17-5-3-15(24)14(21(17)31-20)9-26-16-4-2-12(6-18(16)32)25-7-13-8-28-23-22(29-13)30-19(33)11-35-23/h3,5,8,10,12,16,18,25-26,32H,2,4,6-7,9,11H2,1H3,(H,29,30,33)/t12-,16-,18+/m1/s1. The Bertz CT molecular complexity index is 1240. The van der Waals surface area contributed by atoms with E-state index in [9.17, 15) is 14.3 Å². The van der Waals surface area contributed by atoms with E-state index in [0.29, 0.717) is 59.3 Å². The summed E-state index contributed by atoms with van der Waals surface area (Å²) in [7, 11) is 1.49.